The van der Waals surface area contributed by atoms with E-state index in [-0.39, 0.29) is 42.4 Å². The van der Waals surface area contributed by atoms with Crippen LogP contribution in [0.1, 0.15) is 22.0 Å². The normalized spacial score (nSPS) is 16.4. The van der Waals surface area contributed by atoms with Gasteiger partial charge in [0.1, 0.15) is 11.7 Å². The van der Waals surface area contributed by atoms with Crippen molar-refractivity contribution >= 4 is 34.8 Å². The predicted molar refractivity (Wildman–Crippen MR) is 107 cm³/mol. The van der Waals surface area contributed by atoms with Crippen molar-refractivity contribution in [2.24, 2.45) is 0 Å². The van der Waals surface area contributed by atoms with Gasteiger partial charge in [0.25, 0.3) is 11.6 Å². The molecule has 10 heteroatoms. The zero-order chi connectivity index (χ0) is 21.1. The van der Waals surface area contributed by atoms with Crippen LogP contribution in [0, 0.1) is 10.1 Å². The second-order valence-corrected chi connectivity index (χ2v) is 7.17. The number of morpholine rings is 1. The van der Waals surface area contributed by atoms with E-state index in [2.05, 4.69) is 0 Å². The molecule has 1 aliphatic rings. The molecule has 1 atom stereocenters. The molecule has 0 saturated carbocycles. The molecule has 2 aromatic carbocycles. The summed E-state index contributed by atoms with van der Waals surface area (Å²) >= 11 is 12.1. The van der Waals surface area contributed by atoms with E-state index in [0.29, 0.717) is 10.0 Å². The number of rotatable bonds is 5. The van der Waals surface area contributed by atoms with E-state index in [1.165, 1.54) is 31.3 Å². The smallest absolute Gasteiger partial charge is 0.286 e. The average molecular weight is 441 g/mol. The van der Waals surface area contributed by atoms with E-state index < -0.39 is 16.9 Å². The molecule has 1 amide bonds. The molecular formula is C19H18Cl2N2O6. The number of halogens is 2. The molecule has 0 N–H and O–H groups in total. The minimum Gasteiger partial charge on any atom is -0.493 e. The Bertz CT molecular complexity index is 932. The number of nitro benzene ring substituents is 1. The van der Waals surface area contributed by atoms with Gasteiger partial charge in [0.2, 0.25) is 0 Å². The van der Waals surface area contributed by atoms with Gasteiger partial charge in [-0.3, -0.25) is 14.9 Å². The largest absolute Gasteiger partial charge is 0.493 e. The van der Waals surface area contributed by atoms with Crippen LogP contribution >= 0.6 is 23.2 Å². The number of hydrogen-bond acceptors (Lipinski definition) is 6. The Hall–Kier alpha value is -2.55. The van der Waals surface area contributed by atoms with Gasteiger partial charge in [-0.25, -0.2) is 0 Å². The molecule has 0 radical (unpaired) electrons. The van der Waals surface area contributed by atoms with Gasteiger partial charge in [-0.05, 0) is 23.8 Å². The summed E-state index contributed by atoms with van der Waals surface area (Å²) in [7, 11) is 2.76. The quantitative estimate of drug-likeness (QED) is 0.512. The molecule has 1 saturated heterocycles. The van der Waals surface area contributed by atoms with Crippen LogP contribution < -0.4 is 9.47 Å². The first-order chi connectivity index (χ1) is 13.8. The molecule has 0 aliphatic carbocycles. The third-order valence-electron chi connectivity index (χ3n) is 4.54. The molecule has 8 nitrogen and oxygen atoms in total. The van der Waals surface area contributed by atoms with Crippen molar-refractivity contribution in [3.63, 3.8) is 0 Å². The van der Waals surface area contributed by atoms with E-state index in [9.17, 15) is 14.9 Å². The number of benzene rings is 2. The Morgan fingerprint density at radius 2 is 1.76 bits per heavy atom. The van der Waals surface area contributed by atoms with Crippen LogP contribution in [0.25, 0.3) is 0 Å². The first-order valence-corrected chi connectivity index (χ1v) is 9.37. The molecule has 1 heterocycles. The molecule has 0 bridgehead atoms. The van der Waals surface area contributed by atoms with E-state index in [1.54, 1.807) is 18.2 Å². The maximum absolute atomic E-state index is 13.1. The molecule has 1 aliphatic heterocycles. The molecular weight excluding hydrogens is 423 g/mol. The summed E-state index contributed by atoms with van der Waals surface area (Å²) in [6, 6.07) is 7.53. The fraction of sp³-hybridized carbons (Fsp3) is 0.316. The number of amides is 1. The topological polar surface area (TPSA) is 91.1 Å². The van der Waals surface area contributed by atoms with Crippen molar-refractivity contribution in [1.29, 1.82) is 0 Å². The van der Waals surface area contributed by atoms with Gasteiger partial charge >= 0.3 is 0 Å². The van der Waals surface area contributed by atoms with Gasteiger partial charge in [-0.2, -0.15) is 0 Å². The lowest BCUT2D eigenvalue weighted by Gasteiger charge is -2.33. The zero-order valence-corrected chi connectivity index (χ0v) is 17.2. The fourth-order valence-electron chi connectivity index (χ4n) is 3.16. The molecule has 0 aromatic heterocycles. The maximum Gasteiger partial charge on any atom is 0.286 e. The van der Waals surface area contributed by atoms with Crippen molar-refractivity contribution < 1.29 is 23.9 Å². The highest BCUT2D eigenvalue weighted by Crippen LogP contribution is 2.36. The maximum atomic E-state index is 13.1. The summed E-state index contributed by atoms with van der Waals surface area (Å²) in [5.41, 5.74) is 0.278. The Morgan fingerprint density at radius 1 is 1.14 bits per heavy atom. The molecule has 154 valence electrons. The highest BCUT2D eigenvalue weighted by atomic mass is 35.5. The zero-order valence-electron chi connectivity index (χ0n) is 15.7. The van der Waals surface area contributed by atoms with Crippen LogP contribution in [0.5, 0.6) is 11.5 Å². The molecule has 1 unspecified atom stereocenters. The summed E-state index contributed by atoms with van der Waals surface area (Å²) in [5.74, 6) is -0.101. The van der Waals surface area contributed by atoms with E-state index in [0.717, 1.165) is 5.56 Å². The standard InChI is InChI=1S/C19H18Cl2N2O6/c1-27-16-8-14(15(23(25)26)9-17(16)28-2)19(24)22-3-4-29-18(10-22)11-5-12(20)7-13(21)6-11/h5-9,18H,3-4,10H2,1-2H3. The van der Waals surface area contributed by atoms with Gasteiger partial charge in [0.05, 0.1) is 38.4 Å². The third-order valence-corrected chi connectivity index (χ3v) is 4.98. The van der Waals surface area contributed by atoms with Crippen LogP contribution in [0.15, 0.2) is 30.3 Å². The van der Waals surface area contributed by atoms with Crippen molar-refractivity contribution in [3.05, 3.63) is 61.6 Å². The van der Waals surface area contributed by atoms with Gasteiger partial charge < -0.3 is 19.1 Å². The fourth-order valence-corrected chi connectivity index (χ4v) is 3.70. The molecule has 29 heavy (non-hydrogen) atoms. The molecule has 2 aromatic rings. The number of hydrogen-bond donors (Lipinski definition) is 0. The first-order valence-electron chi connectivity index (χ1n) is 8.61. The van der Waals surface area contributed by atoms with Crippen LogP contribution in [0.4, 0.5) is 5.69 Å². The van der Waals surface area contributed by atoms with Crippen molar-refractivity contribution in [2.75, 3.05) is 33.9 Å². The van der Waals surface area contributed by atoms with Crippen molar-refractivity contribution in [2.45, 2.75) is 6.10 Å². The Morgan fingerprint density at radius 3 is 2.34 bits per heavy atom. The first kappa shape index (κ1) is 21.2. The second-order valence-electron chi connectivity index (χ2n) is 6.29. The lowest BCUT2D eigenvalue weighted by molar-refractivity contribution is -0.385. The summed E-state index contributed by atoms with van der Waals surface area (Å²) < 4.78 is 16.1. The summed E-state index contributed by atoms with van der Waals surface area (Å²) in [6.07, 6.45) is -0.455. The Labute approximate surface area is 177 Å². The van der Waals surface area contributed by atoms with Crippen LogP contribution in [0.2, 0.25) is 10.0 Å². The number of nitrogens with zero attached hydrogens (tertiary/aromatic N) is 2. The number of carbonyl (C=O) groups is 1. The van der Waals surface area contributed by atoms with E-state index >= 15 is 0 Å². The van der Waals surface area contributed by atoms with E-state index in [4.69, 9.17) is 37.4 Å². The van der Waals surface area contributed by atoms with Gasteiger partial charge in [-0.15, -0.1) is 0 Å². The second kappa shape index (κ2) is 8.86. The Balaban J connectivity index is 1.92. The third kappa shape index (κ3) is 4.55. The van der Waals surface area contributed by atoms with E-state index in [1.807, 2.05) is 0 Å². The average Bonchev–Trinajstić information content (AvgIpc) is 2.71. The SMILES string of the molecule is COc1cc(C(=O)N2CCOC(c3cc(Cl)cc(Cl)c3)C2)c([N+](=O)[O-])cc1OC. The van der Waals surface area contributed by atoms with Crippen LogP contribution in [-0.4, -0.2) is 49.6 Å². The number of carbonyl (C=O) groups excluding carboxylic acids is 1. The summed E-state index contributed by atoms with van der Waals surface area (Å²) in [6.45, 7) is 0.748. The Kier molecular flexibility index (Phi) is 6.46. The summed E-state index contributed by atoms with van der Waals surface area (Å²) in [5, 5.41) is 12.4. The minimum absolute atomic E-state index is 0.0857. The molecule has 0 spiro atoms. The number of nitro groups is 1. The van der Waals surface area contributed by atoms with Crippen molar-refractivity contribution in [3.8, 4) is 11.5 Å². The highest BCUT2D eigenvalue weighted by molar-refractivity contribution is 6.34. The van der Waals surface area contributed by atoms with Crippen LogP contribution in [-0.2, 0) is 4.74 Å². The molecule has 3 rings (SSSR count). The van der Waals surface area contributed by atoms with Gasteiger partial charge in [0.15, 0.2) is 11.5 Å². The van der Waals surface area contributed by atoms with Gasteiger partial charge in [-0.1, -0.05) is 23.2 Å². The molecule has 1 fully saturated rings. The predicted octanol–water partition coefficient (Wildman–Crippen LogP) is 4.13. The highest BCUT2D eigenvalue weighted by Gasteiger charge is 2.32. The lowest BCUT2D eigenvalue weighted by atomic mass is 10.1. The van der Waals surface area contributed by atoms with Crippen molar-refractivity contribution in [1.82, 2.24) is 4.90 Å². The number of methoxy groups -OCH3 is 2. The lowest BCUT2D eigenvalue weighted by Crippen LogP contribution is -2.42. The van der Waals surface area contributed by atoms with Crippen LogP contribution in [0.3, 0.4) is 0 Å². The minimum atomic E-state index is -0.621. The number of ether oxygens (including phenoxy) is 3. The van der Waals surface area contributed by atoms with Gasteiger partial charge in [0, 0.05) is 22.7 Å². The summed E-state index contributed by atoms with van der Waals surface area (Å²) in [4.78, 5) is 25.5. The monoisotopic (exact) mass is 440 g/mol.